The number of carbonyl (C=O) groups is 3. The lowest BCUT2D eigenvalue weighted by molar-refractivity contribution is -0.155. The third-order valence-corrected chi connectivity index (χ3v) is 9.26. The summed E-state index contributed by atoms with van der Waals surface area (Å²) in [4.78, 5) is 44.9. The number of hydrogen-bond donors (Lipinski definition) is 1. The molecule has 2 amide bonds. The quantitative estimate of drug-likeness (QED) is 0.484. The van der Waals surface area contributed by atoms with E-state index in [2.05, 4.69) is 0 Å². The summed E-state index contributed by atoms with van der Waals surface area (Å²) in [7, 11) is 0. The third-order valence-electron chi connectivity index (χ3n) is 7.46. The maximum atomic E-state index is 14.2. The van der Waals surface area contributed by atoms with Crippen molar-refractivity contribution in [2.45, 2.75) is 75.1 Å². The Balaban J connectivity index is 1.90. The minimum atomic E-state index is -0.894. The maximum Gasteiger partial charge on any atom is 0.311 e. The SMILES string of the molecule is CC(C)C[C@H](CO)N1C(=O)[C@@H]2[C@@H]3C(=O)OCCC=C[C@]3(C)S[C@@]23C=CCN(C(C)C)C(=O)C13. The molecule has 4 heterocycles. The first kappa shape index (κ1) is 24.3. The van der Waals surface area contributed by atoms with Crippen LogP contribution in [0.1, 0.15) is 47.5 Å². The Hall–Kier alpha value is -1.80. The molecule has 0 aromatic rings. The van der Waals surface area contributed by atoms with E-state index in [1.165, 1.54) is 0 Å². The molecular formula is C25H36N2O5S. The van der Waals surface area contributed by atoms with Crippen LogP contribution in [0.4, 0.5) is 0 Å². The fourth-order valence-corrected chi connectivity index (χ4v) is 8.26. The number of likely N-dealkylation sites (tertiary alicyclic amines) is 1. The minimum absolute atomic E-state index is 0.0356. The number of aliphatic hydroxyl groups is 1. The Morgan fingerprint density at radius 3 is 2.48 bits per heavy atom. The number of aliphatic hydroxyl groups excluding tert-OH is 1. The number of carbonyl (C=O) groups excluding carboxylic acids is 3. The van der Waals surface area contributed by atoms with Gasteiger partial charge in [-0.15, -0.1) is 11.8 Å². The second-order valence-electron chi connectivity index (χ2n) is 10.6. The summed E-state index contributed by atoms with van der Waals surface area (Å²) in [5.41, 5.74) is 0. The normalized spacial score (nSPS) is 37.0. The van der Waals surface area contributed by atoms with E-state index in [4.69, 9.17) is 4.74 Å². The largest absolute Gasteiger partial charge is 0.465 e. The van der Waals surface area contributed by atoms with Gasteiger partial charge in [0.25, 0.3) is 0 Å². The van der Waals surface area contributed by atoms with Crippen molar-refractivity contribution in [2.24, 2.45) is 17.8 Å². The van der Waals surface area contributed by atoms with E-state index < -0.39 is 33.4 Å². The molecule has 0 bridgehead atoms. The van der Waals surface area contributed by atoms with Crippen LogP contribution in [0.15, 0.2) is 24.3 Å². The molecule has 6 atom stereocenters. The topological polar surface area (TPSA) is 87.2 Å². The Morgan fingerprint density at radius 1 is 1.12 bits per heavy atom. The molecular weight excluding hydrogens is 440 g/mol. The summed E-state index contributed by atoms with van der Waals surface area (Å²) in [5.74, 6) is -1.90. The van der Waals surface area contributed by atoms with Gasteiger partial charge in [-0.25, -0.2) is 0 Å². The van der Waals surface area contributed by atoms with Crippen LogP contribution in [-0.4, -0.2) is 80.1 Å². The van der Waals surface area contributed by atoms with E-state index in [-0.39, 0.29) is 43.0 Å². The van der Waals surface area contributed by atoms with Crippen molar-refractivity contribution < 1.29 is 24.2 Å². The van der Waals surface area contributed by atoms with Crippen LogP contribution in [0.2, 0.25) is 0 Å². The van der Waals surface area contributed by atoms with Gasteiger partial charge in [0.05, 0.1) is 35.8 Å². The standard InChI is InChI=1S/C25H36N2O5S/c1-15(2)13-17(14-28)27-20-22(30)26(16(3)4)11-8-10-25(20)18(21(27)29)19-23(31)32-12-7-6-9-24(19,5)33-25/h6,8-10,15-20,28H,7,11-14H2,1-5H3/t17-,18+,19-,20?,24+,25+/m1/s1. The second kappa shape index (κ2) is 8.77. The predicted octanol–water partition coefficient (Wildman–Crippen LogP) is 2.39. The van der Waals surface area contributed by atoms with Gasteiger partial charge in [0.2, 0.25) is 11.8 Å². The molecule has 0 aliphatic carbocycles. The Kier molecular flexibility index (Phi) is 6.46. The summed E-state index contributed by atoms with van der Waals surface area (Å²) >= 11 is 1.54. The first-order chi connectivity index (χ1) is 15.6. The first-order valence-corrected chi connectivity index (χ1v) is 12.8. The van der Waals surface area contributed by atoms with Gasteiger partial charge in [-0.3, -0.25) is 14.4 Å². The molecule has 0 aromatic heterocycles. The van der Waals surface area contributed by atoms with Gasteiger partial charge in [0, 0.05) is 17.3 Å². The van der Waals surface area contributed by atoms with Gasteiger partial charge in [-0.05, 0) is 39.5 Å². The fourth-order valence-electron chi connectivity index (χ4n) is 6.12. The number of fused-ring (bicyclic) bond motifs is 2. The smallest absolute Gasteiger partial charge is 0.311 e. The zero-order valence-corrected chi connectivity index (χ0v) is 21.0. The van der Waals surface area contributed by atoms with Gasteiger partial charge in [-0.1, -0.05) is 38.2 Å². The first-order valence-electron chi connectivity index (χ1n) is 12.0. The minimum Gasteiger partial charge on any atom is -0.465 e. The van der Waals surface area contributed by atoms with Gasteiger partial charge in [0.15, 0.2) is 0 Å². The Bertz CT molecular complexity index is 886. The highest BCUT2D eigenvalue weighted by Crippen LogP contribution is 2.65. The van der Waals surface area contributed by atoms with Crippen molar-refractivity contribution >= 4 is 29.5 Å². The average Bonchev–Trinajstić information content (AvgIpc) is 3.05. The van der Waals surface area contributed by atoms with E-state index in [0.29, 0.717) is 19.4 Å². The van der Waals surface area contributed by atoms with Gasteiger partial charge in [-0.2, -0.15) is 0 Å². The molecule has 8 heteroatoms. The van der Waals surface area contributed by atoms with Gasteiger partial charge in [0.1, 0.15) is 6.04 Å². The predicted molar refractivity (Wildman–Crippen MR) is 127 cm³/mol. The van der Waals surface area contributed by atoms with E-state index in [1.807, 2.05) is 58.9 Å². The highest BCUT2D eigenvalue weighted by Gasteiger charge is 2.74. The third kappa shape index (κ3) is 3.73. The van der Waals surface area contributed by atoms with Crippen LogP contribution in [-0.2, 0) is 19.1 Å². The number of rotatable bonds is 5. The summed E-state index contributed by atoms with van der Waals surface area (Å²) in [6.07, 6.45) is 9.24. The highest BCUT2D eigenvalue weighted by molar-refractivity contribution is 8.02. The Labute approximate surface area is 200 Å². The van der Waals surface area contributed by atoms with Crippen molar-refractivity contribution in [1.82, 2.24) is 9.80 Å². The molecule has 2 fully saturated rings. The van der Waals surface area contributed by atoms with E-state index in [1.54, 1.807) is 21.6 Å². The van der Waals surface area contributed by atoms with Crippen molar-refractivity contribution in [3.63, 3.8) is 0 Å². The van der Waals surface area contributed by atoms with E-state index >= 15 is 0 Å². The molecule has 0 saturated carbocycles. The van der Waals surface area contributed by atoms with Crippen LogP contribution in [0.5, 0.6) is 0 Å². The lowest BCUT2D eigenvalue weighted by atomic mass is 9.74. The zero-order chi connectivity index (χ0) is 24.1. The number of hydrogen-bond acceptors (Lipinski definition) is 6. The molecule has 182 valence electrons. The molecule has 33 heavy (non-hydrogen) atoms. The molecule has 4 rings (SSSR count). The number of thioether (sulfide) groups is 1. The summed E-state index contributed by atoms with van der Waals surface area (Å²) in [6, 6.07) is -1.30. The molecule has 4 aliphatic heterocycles. The number of esters is 1. The van der Waals surface area contributed by atoms with Crippen LogP contribution in [0, 0.1) is 17.8 Å². The number of cyclic esters (lactones) is 1. The van der Waals surface area contributed by atoms with Crippen molar-refractivity contribution in [2.75, 3.05) is 19.8 Å². The fraction of sp³-hybridized carbons (Fsp3) is 0.720. The van der Waals surface area contributed by atoms with Crippen LogP contribution in [0.3, 0.4) is 0 Å². The Morgan fingerprint density at radius 2 is 1.85 bits per heavy atom. The maximum absolute atomic E-state index is 14.2. The number of nitrogens with zero attached hydrogens (tertiary/aromatic N) is 2. The van der Waals surface area contributed by atoms with Gasteiger partial charge >= 0.3 is 5.97 Å². The van der Waals surface area contributed by atoms with Gasteiger partial charge < -0.3 is 19.6 Å². The van der Waals surface area contributed by atoms with Crippen LogP contribution in [0.25, 0.3) is 0 Å². The molecule has 0 radical (unpaired) electrons. The van der Waals surface area contributed by atoms with Crippen LogP contribution >= 0.6 is 11.8 Å². The second-order valence-corrected chi connectivity index (χ2v) is 12.3. The lowest BCUT2D eigenvalue weighted by Gasteiger charge is -2.41. The molecule has 2 saturated heterocycles. The summed E-state index contributed by atoms with van der Waals surface area (Å²) < 4.78 is 4.00. The van der Waals surface area contributed by atoms with Crippen molar-refractivity contribution in [3.05, 3.63) is 24.3 Å². The molecule has 0 aromatic carbocycles. The number of amides is 2. The van der Waals surface area contributed by atoms with Crippen LogP contribution < -0.4 is 0 Å². The van der Waals surface area contributed by atoms with E-state index in [0.717, 1.165) is 0 Å². The molecule has 7 nitrogen and oxygen atoms in total. The molecule has 1 spiro atoms. The monoisotopic (exact) mass is 476 g/mol. The average molecular weight is 477 g/mol. The van der Waals surface area contributed by atoms with Crippen molar-refractivity contribution in [1.29, 1.82) is 0 Å². The van der Waals surface area contributed by atoms with Crippen molar-refractivity contribution in [3.8, 4) is 0 Å². The molecule has 1 unspecified atom stereocenters. The molecule has 4 aliphatic rings. The lowest BCUT2D eigenvalue weighted by Crippen LogP contribution is -2.57. The molecule has 1 N–H and O–H groups in total. The zero-order valence-electron chi connectivity index (χ0n) is 20.2. The highest BCUT2D eigenvalue weighted by atomic mass is 32.2. The van der Waals surface area contributed by atoms with E-state index in [9.17, 15) is 19.5 Å². The summed E-state index contributed by atoms with van der Waals surface area (Å²) in [5, 5.41) is 10.3. The summed E-state index contributed by atoms with van der Waals surface area (Å²) in [6.45, 7) is 10.5. The number of ether oxygens (including phenoxy) is 1.